The fourth-order valence-corrected chi connectivity index (χ4v) is 8.77. The van der Waals surface area contributed by atoms with Crippen LogP contribution in [0.25, 0.3) is 99.2 Å². The van der Waals surface area contributed by atoms with E-state index in [0.717, 1.165) is 94.0 Å². The molecule has 4 heteroatoms. The molecule has 3 aromatic heterocycles. The molecule has 0 fully saturated rings. The molecular formula is C54H33NO3. The van der Waals surface area contributed by atoms with Crippen molar-refractivity contribution in [3.8, 4) is 33.4 Å². The maximum absolute atomic E-state index is 6.79. The van der Waals surface area contributed by atoms with Gasteiger partial charge in [0.25, 0.3) is 0 Å². The first kappa shape index (κ1) is 32.4. The Bertz CT molecular complexity index is 3380. The molecule has 0 radical (unpaired) electrons. The molecule has 12 rings (SSSR count). The van der Waals surface area contributed by atoms with Crippen molar-refractivity contribution in [3.05, 3.63) is 200 Å². The molecule has 272 valence electrons. The average Bonchev–Trinajstić information content (AvgIpc) is 3.99. The van der Waals surface area contributed by atoms with Crippen LogP contribution in [0, 0.1) is 0 Å². The minimum atomic E-state index is 0.775. The summed E-state index contributed by atoms with van der Waals surface area (Å²) in [5, 5.41) is 6.20. The van der Waals surface area contributed by atoms with Crippen LogP contribution in [0.1, 0.15) is 0 Å². The summed E-state index contributed by atoms with van der Waals surface area (Å²) < 4.78 is 19.8. The molecule has 0 amide bonds. The summed E-state index contributed by atoms with van der Waals surface area (Å²) in [7, 11) is 0. The Balaban J connectivity index is 1.02. The first-order valence-electron chi connectivity index (χ1n) is 19.6. The standard InChI is InChI=1S/C54H33NO3/c1-3-11-34(12-4-1)36-19-25-39(26-20-36)55(40-27-21-37(22-28-40)35-13-5-2-6-14-35)41-29-23-38(24-30-41)44-33-49-53(54-50(44)42-15-7-10-18-46(42)58-54)52-48(57-49)32-31-47-51(52)43-16-8-9-17-45(43)56-47/h1-33H. The monoisotopic (exact) mass is 743 g/mol. The predicted octanol–water partition coefficient (Wildman–Crippen LogP) is 15.9. The molecule has 0 unspecified atom stereocenters. The normalized spacial score (nSPS) is 11.8. The van der Waals surface area contributed by atoms with Crippen molar-refractivity contribution < 1.29 is 13.3 Å². The molecule has 0 aliphatic carbocycles. The predicted molar refractivity (Wildman–Crippen MR) is 239 cm³/mol. The average molecular weight is 744 g/mol. The zero-order valence-corrected chi connectivity index (χ0v) is 31.2. The highest BCUT2D eigenvalue weighted by molar-refractivity contribution is 6.33. The maximum atomic E-state index is 6.79. The van der Waals surface area contributed by atoms with Gasteiger partial charge < -0.3 is 18.2 Å². The van der Waals surface area contributed by atoms with Crippen LogP contribution in [0.3, 0.4) is 0 Å². The molecule has 0 atom stereocenters. The Morgan fingerprint density at radius 3 is 1.28 bits per heavy atom. The zero-order valence-electron chi connectivity index (χ0n) is 31.2. The Morgan fingerprint density at radius 2 is 0.707 bits per heavy atom. The molecule has 0 saturated carbocycles. The van der Waals surface area contributed by atoms with Crippen LogP contribution in [0.4, 0.5) is 17.1 Å². The second-order valence-electron chi connectivity index (χ2n) is 14.8. The number of hydrogen-bond donors (Lipinski definition) is 0. The quantitative estimate of drug-likeness (QED) is 0.170. The third-order valence-corrected chi connectivity index (χ3v) is 11.5. The van der Waals surface area contributed by atoms with E-state index >= 15 is 0 Å². The van der Waals surface area contributed by atoms with Crippen molar-refractivity contribution in [2.45, 2.75) is 0 Å². The minimum absolute atomic E-state index is 0.775. The smallest absolute Gasteiger partial charge is 0.147 e. The Labute approximate surface area is 333 Å². The molecule has 0 saturated heterocycles. The maximum Gasteiger partial charge on any atom is 0.147 e. The van der Waals surface area contributed by atoms with Gasteiger partial charge in [-0.15, -0.1) is 0 Å². The molecule has 9 aromatic carbocycles. The topological polar surface area (TPSA) is 42.7 Å². The summed E-state index contributed by atoms with van der Waals surface area (Å²) in [4.78, 5) is 2.32. The zero-order chi connectivity index (χ0) is 38.2. The molecule has 3 heterocycles. The minimum Gasteiger partial charge on any atom is -0.456 e. The van der Waals surface area contributed by atoms with E-state index < -0.39 is 0 Å². The lowest BCUT2D eigenvalue weighted by Crippen LogP contribution is -2.09. The first-order chi connectivity index (χ1) is 28.7. The lowest BCUT2D eigenvalue weighted by atomic mass is 9.96. The van der Waals surface area contributed by atoms with Crippen LogP contribution < -0.4 is 4.90 Å². The second-order valence-corrected chi connectivity index (χ2v) is 14.8. The van der Waals surface area contributed by atoms with Gasteiger partial charge in [0.1, 0.15) is 33.5 Å². The lowest BCUT2D eigenvalue weighted by molar-refractivity contribution is 0.660. The number of fused-ring (bicyclic) bond motifs is 11. The summed E-state index contributed by atoms with van der Waals surface area (Å²) >= 11 is 0. The Morgan fingerprint density at radius 1 is 0.276 bits per heavy atom. The van der Waals surface area contributed by atoms with Crippen LogP contribution in [-0.2, 0) is 0 Å². The van der Waals surface area contributed by atoms with Gasteiger partial charge >= 0.3 is 0 Å². The molecule has 4 nitrogen and oxygen atoms in total. The van der Waals surface area contributed by atoms with Crippen molar-refractivity contribution in [1.29, 1.82) is 0 Å². The van der Waals surface area contributed by atoms with Gasteiger partial charge in [0.05, 0.1) is 5.39 Å². The van der Waals surface area contributed by atoms with Gasteiger partial charge in [-0.3, -0.25) is 0 Å². The van der Waals surface area contributed by atoms with E-state index in [1.807, 2.05) is 36.4 Å². The van der Waals surface area contributed by atoms with E-state index in [4.69, 9.17) is 13.3 Å². The largest absolute Gasteiger partial charge is 0.456 e. The second kappa shape index (κ2) is 12.9. The number of rotatable bonds is 6. The number of nitrogens with zero attached hydrogens (tertiary/aromatic N) is 1. The number of hydrogen-bond acceptors (Lipinski definition) is 4. The van der Waals surface area contributed by atoms with E-state index in [0.29, 0.717) is 0 Å². The third-order valence-electron chi connectivity index (χ3n) is 11.5. The van der Waals surface area contributed by atoms with Crippen LogP contribution in [0.2, 0.25) is 0 Å². The van der Waals surface area contributed by atoms with Crippen LogP contribution in [0.5, 0.6) is 0 Å². The van der Waals surface area contributed by atoms with Crippen molar-refractivity contribution in [1.82, 2.24) is 0 Å². The molecule has 0 aliphatic rings. The fourth-order valence-electron chi connectivity index (χ4n) is 8.77. The van der Waals surface area contributed by atoms with Gasteiger partial charge in [-0.1, -0.05) is 133 Å². The highest BCUT2D eigenvalue weighted by atomic mass is 16.3. The molecule has 58 heavy (non-hydrogen) atoms. The van der Waals surface area contributed by atoms with E-state index in [1.54, 1.807) is 0 Å². The summed E-state index contributed by atoms with van der Waals surface area (Å²) in [6, 6.07) is 70.2. The Hall–Kier alpha value is -7.82. The molecule has 0 bridgehead atoms. The highest BCUT2D eigenvalue weighted by Crippen LogP contribution is 2.48. The van der Waals surface area contributed by atoms with Crippen LogP contribution in [0.15, 0.2) is 213 Å². The van der Waals surface area contributed by atoms with Gasteiger partial charge in [-0.2, -0.15) is 0 Å². The van der Waals surface area contributed by atoms with E-state index in [9.17, 15) is 0 Å². The number of furan rings is 3. The molecular weight excluding hydrogens is 711 g/mol. The third kappa shape index (κ3) is 5.09. The van der Waals surface area contributed by atoms with E-state index in [-0.39, 0.29) is 0 Å². The van der Waals surface area contributed by atoms with E-state index in [2.05, 4.69) is 169 Å². The summed E-state index contributed by atoms with van der Waals surface area (Å²) in [6.45, 7) is 0. The highest BCUT2D eigenvalue weighted by Gasteiger charge is 2.24. The van der Waals surface area contributed by atoms with Crippen molar-refractivity contribution in [2.24, 2.45) is 0 Å². The molecule has 0 spiro atoms. The van der Waals surface area contributed by atoms with Gasteiger partial charge in [-0.05, 0) is 100 Å². The summed E-state index contributed by atoms with van der Waals surface area (Å²) in [6.07, 6.45) is 0. The van der Waals surface area contributed by atoms with Gasteiger partial charge in [0.2, 0.25) is 0 Å². The fraction of sp³-hybridized carbons (Fsp3) is 0. The number of para-hydroxylation sites is 2. The Kier molecular flexibility index (Phi) is 7.20. The molecule has 12 aromatic rings. The number of benzene rings is 9. The van der Waals surface area contributed by atoms with Gasteiger partial charge in [0.15, 0.2) is 0 Å². The van der Waals surface area contributed by atoms with Crippen LogP contribution in [-0.4, -0.2) is 0 Å². The van der Waals surface area contributed by atoms with Crippen molar-refractivity contribution in [3.63, 3.8) is 0 Å². The van der Waals surface area contributed by atoms with Gasteiger partial charge in [0, 0.05) is 44.0 Å². The van der Waals surface area contributed by atoms with Crippen LogP contribution >= 0.6 is 0 Å². The number of anilines is 3. The summed E-state index contributed by atoms with van der Waals surface area (Å²) in [5.74, 6) is 0. The summed E-state index contributed by atoms with van der Waals surface area (Å²) in [5.41, 5.74) is 15.0. The first-order valence-corrected chi connectivity index (χ1v) is 19.6. The molecule has 0 aliphatic heterocycles. The van der Waals surface area contributed by atoms with Gasteiger partial charge in [-0.25, -0.2) is 0 Å². The van der Waals surface area contributed by atoms with Crippen molar-refractivity contribution in [2.75, 3.05) is 4.90 Å². The SMILES string of the molecule is c1ccc(-c2ccc(N(c3ccc(-c4ccccc4)cc3)c3ccc(-c4cc5oc6ccc7oc8ccccc8c7c6c5c5oc6ccccc6c45)cc3)cc2)cc1. The lowest BCUT2D eigenvalue weighted by Gasteiger charge is -2.26. The van der Waals surface area contributed by atoms with Crippen molar-refractivity contribution >= 4 is 82.9 Å². The molecule has 0 N–H and O–H groups in total. The van der Waals surface area contributed by atoms with E-state index in [1.165, 1.54) is 22.3 Å².